The summed E-state index contributed by atoms with van der Waals surface area (Å²) in [6.07, 6.45) is 3.86. The largest absolute Gasteiger partial charge is 0.484 e. The van der Waals surface area contributed by atoms with E-state index < -0.39 is 11.9 Å². The number of rotatable bonds is 2. The number of halogens is 3. The average Bonchev–Trinajstić information content (AvgIpc) is 2.74. The van der Waals surface area contributed by atoms with Crippen LogP contribution < -0.4 is 15.0 Å². The quantitative estimate of drug-likeness (QED) is 0.526. The number of urea groups is 1. The number of aryl methyl sites for hydroxylation is 1. The minimum absolute atomic E-state index is 0.237. The number of nitrogens with one attached hydrogen (secondary N) is 1. The normalized spacial score (nSPS) is 17.6. The van der Waals surface area contributed by atoms with Gasteiger partial charge in [-0.3, -0.25) is 9.88 Å². The van der Waals surface area contributed by atoms with Crippen molar-refractivity contribution in [1.29, 1.82) is 0 Å². The fourth-order valence-electron chi connectivity index (χ4n) is 3.77. The number of anilines is 2. The molecule has 152 valence electrons. The first-order chi connectivity index (χ1) is 14.5. The van der Waals surface area contributed by atoms with E-state index in [0.29, 0.717) is 35.0 Å². The maximum absolute atomic E-state index is 14.2. The molecule has 0 fully saturated rings. The van der Waals surface area contributed by atoms with Crippen LogP contribution >= 0.6 is 23.2 Å². The lowest BCUT2D eigenvalue weighted by molar-refractivity contribution is 0.167. The van der Waals surface area contributed by atoms with Gasteiger partial charge in [0.25, 0.3) is 0 Å². The summed E-state index contributed by atoms with van der Waals surface area (Å²) in [5, 5.41) is 3.43. The van der Waals surface area contributed by atoms with Crippen LogP contribution in [0.1, 0.15) is 29.3 Å². The number of ether oxygens (including phenoxy) is 1. The number of carbonyl (C=O) groups is 1. The second-order valence-electron chi connectivity index (χ2n) is 7.08. The Hall–Kier alpha value is -2.90. The van der Waals surface area contributed by atoms with Gasteiger partial charge in [-0.15, -0.1) is 0 Å². The molecule has 2 aliphatic heterocycles. The number of fused-ring (bicyclic) bond motifs is 2. The van der Waals surface area contributed by atoms with Crippen molar-refractivity contribution in [3.63, 3.8) is 0 Å². The fourth-order valence-corrected chi connectivity index (χ4v) is 4.28. The van der Waals surface area contributed by atoms with Crippen molar-refractivity contribution in [2.45, 2.75) is 25.5 Å². The van der Waals surface area contributed by atoms with E-state index in [0.717, 1.165) is 11.1 Å². The zero-order valence-corrected chi connectivity index (χ0v) is 17.0. The van der Waals surface area contributed by atoms with E-state index in [1.54, 1.807) is 36.7 Å². The summed E-state index contributed by atoms with van der Waals surface area (Å²) in [5.74, 6) is 0.153. The van der Waals surface area contributed by atoms with Gasteiger partial charge in [0.05, 0.1) is 22.9 Å². The van der Waals surface area contributed by atoms with E-state index in [-0.39, 0.29) is 23.4 Å². The standard InChI is InChI=1S/C21H15Cl2FN4O2/c22-13-8-11-3-4-16(19-14(24)2-1-6-25-19)30-17(11)9-15(13)28-10-12-5-7-26-20(23)18(12)27-21(28)29/h1-2,5-9,16H,3-4,10H2,(H,27,29). The molecular weight excluding hydrogens is 430 g/mol. The first-order valence-corrected chi connectivity index (χ1v) is 10.1. The molecule has 5 rings (SSSR count). The first-order valence-electron chi connectivity index (χ1n) is 9.32. The Bertz CT molecular complexity index is 1170. The van der Waals surface area contributed by atoms with Gasteiger partial charge in [0.15, 0.2) is 5.15 Å². The Kier molecular flexibility index (Phi) is 4.72. The van der Waals surface area contributed by atoms with Gasteiger partial charge in [-0.05, 0) is 42.7 Å². The number of benzene rings is 1. The van der Waals surface area contributed by atoms with Crippen molar-refractivity contribution in [3.05, 3.63) is 75.5 Å². The second kappa shape index (κ2) is 7.41. The Balaban J connectivity index is 1.49. The van der Waals surface area contributed by atoms with Gasteiger partial charge in [0.2, 0.25) is 0 Å². The molecule has 0 spiro atoms. The van der Waals surface area contributed by atoms with E-state index in [4.69, 9.17) is 27.9 Å². The van der Waals surface area contributed by atoms with Gasteiger partial charge in [-0.1, -0.05) is 23.2 Å². The average molecular weight is 445 g/mol. The fraction of sp³-hybridized carbons (Fsp3) is 0.190. The summed E-state index contributed by atoms with van der Waals surface area (Å²) < 4.78 is 20.2. The maximum Gasteiger partial charge on any atom is 0.326 e. The molecule has 30 heavy (non-hydrogen) atoms. The zero-order valence-electron chi connectivity index (χ0n) is 15.5. The summed E-state index contributed by atoms with van der Waals surface area (Å²) >= 11 is 12.6. The second-order valence-corrected chi connectivity index (χ2v) is 7.84. The van der Waals surface area contributed by atoms with Gasteiger partial charge < -0.3 is 10.1 Å². The number of pyridine rings is 2. The van der Waals surface area contributed by atoms with Gasteiger partial charge in [-0.25, -0.2) is 14.2 Å². The van der Waals surface area contributed by atoms with Crippen LogP contribution in [0.15, 0.2) is 42.7 Å². The predicted octanol–water partition coefficient (Wildman–Crippen LogP) is 5.54. The van der Waals surface area contributed by atoms with Crippen LogP contribution in [0, 0.1) is 5.82 Å². The lowest BCUT2D eigenvalue weighted by Gasteiger charge is -2.32. The van der Waals surface area contributed by atoms with E-state index >= 15 is 0 Å². The Labute approximate surface area is 181 Å². The highest BCUT2D eigenvalue weighted by Gasteiger charge is 2.30. The molecule has 1 unspecified atom stereocenters. The van der Waals surface area contributed by atoms with Gasteiger partial charge >= 0.3 is 6.03 Å². The van der Waals surface area contributed by atoms with Gasteiger partial charge in [0.1, 0.15) is 23.4 Å². The molecule has 6 nitrogen and oxygen atoms in total. The molecule has 4 heterocycles. The van der Waals surface area contributed by atoms with Crippen molar-refractivity contribution >= 4 is 40.6 Å². The number of nitrogens with zero attached hydrogens (tertiary/aromatic N) is 3. The molecule has 1 atom stereocenters. The van der Waals surface area contributed by atoms with Crippen molar-refractivity contribution in [2.75, 3.05) is 10.2 Å². The number of carbonyl (C=O) groups excluding carboxylic acids is 1. The van der Waals surface area contributed by atoms with Crippen LogP contribution in [-0.4, -0.2) is 16.0 Å². The molecule has 1 N–H and O–H groups in total. The van der Waals surface area contributed by atoms with Crippen LogP contribution in [0.5, 0.6) is 5.75 Å². The number of amides is 2. The summed E-state index contributed by atoms with van der Waals surface area (Å²) in [7, 11) is 0. The van der Waals surface area contributed by atoms with Crippen LogP contribution in [0.25, 0.3) is 0 Å². The molecule has 0 saturated heterocycles. The SMILES string of the molecule is O=C1Nc2c(ccnc2Cl)CN1c1cc2c(cc1Cl)CCC(c1ncccc1F)O2. The van der Waals surface area contributed by atoms with E-state index in [9.17, 15) is 9.18 Å². The summed E-state index contributed by atoms with van der Waals surface area (Å²) in [6.45, 7) is 0.278. The van der Waals surface area contributed by atoms with Gasteiger partial charge in [0, 0.05) is 24.0 Å². The van der Waals surface area contributed by atoms with Crippen LogP contribution in [0.2, 0.25) is 10.2 Å². The molecule has 1 aromatic carbocycles. The molecule has 0 bridgehead atoms. The van der Waals surface area contributed by atoms with Crippen molar-refractivity contribution in [1.82, 2.24) is 9.97 Å². The third kappa shape index (κ3) is 3.24. The van der Waals surface area contributed by atoms with Crippen LogP contribution in [-0.2, 0) is 13.0 Å². The molecule has 2 amide bonds. The molecule has 9 heteroatoms. The predicted molar refractivity (Wildman–Crippen MR) is 112 cm³/mol. The van der Waals surface area contributed by atoms with E-state index in [2.05, 4.69) is 15.3 Å². The van der Waals surface area contributed by atoms with Crippen molar-refractivity contribution < 1.29 is 13.9 Å². The third-order valence-corrected chi connectivity index (χ3v) is 5.84. The topological polar surface area (TPSA) is 67.4 Å². The Morgan fingerprint density at radius 2 is 2.03 bits per heavy atom. The van der Waals surface area contributed by atoms with Crippen LogP contribution in [0.3, 0.4) is 0 Å². The molecular formula is C21H15Cl2FN4O2. The molecule has 2 aliphatic rings. The highest BCUT2D eigenvalue weighted by molar-refractivity contribution is 6.35. The minimum atomic E-state index is -0.506. The molecule has 0 radical (unpaired) electrons. The Morgan fingerprint density at radius 1 is 1.17 bits per heavy atom. The van der Waals surface area contributed by atoms with Crippen LogP contribution in [0.4, 0.5) is 20.6 Å². The summed E-state index contributed by atoms with van der Waals surface area (Å²) in [5.41, 5.74) is 2.98. The van der Waals surface area contributed by atoms with Gasteiger partial charge in [-0.2, -0.15) is 0 Å². The summed E-state index contributed by atoms with van der Waals surface area (Å²) in [4.78, 5) is 22.4. The first kappa shape index (κ1) is 19.1. The minimum Gasteiger partial charge on any atom is -0.484 e. The lowest BCUT2D eigenvalue weighted by atomic mass is 9.99. The number of aromatic nitrogens is 2. The lowest BCUT2D eigenvalue weighted by Crippen LogP contribution is -2.39. The third-order valence-electron chi connectivity index (χ3n) is 5.25. The Morgan fingerprint density at radius 3 is 2.87 bits per heavy atom. The van der Waals surface area contributed by atoms with E-state index in [1.165, 1.54) is 11.0 Å². The van der Waals surface area contributed by atoms with Crippen molar-refractivity contribution in [2.24, 2.45) is 0 Å². The number of hydrogen-bond donors (Lipinski definition) is 1. The highest BCUT2D eigenvalue weighted by Crippen LogP contribution is 2.42. The zero-order chi connectivity index (χ0) is 20.8. The molecule has 3 aromatic rings. The maximum atomic E-state index is 14.2. The van der Waals surface area contributed by atoms with Crippen molar-refractivity contribution in [3.8, 4) is 5.75 Å². The smallest absolute Gasteiger partial charge is 0.326 e. The monoisotopic (exact) mass is 444 g/mol. The number of hydrogen-bond acceptors (Lipinski definition) is 4. The highest BCUT2D eigenvalue weighted by atomic mass is 35.5. The molecule has 0 aliphatic carbocycles. The van der Waals surface area contributed by atoms with E-state index in [1.807, 2.05) is 0 Å². The molecule has 0 saturated carbocycles. The summed E-state index contributed by atoms with van der Waals surface area (Å²) in [6, 6.07) is 7.84. The molecule has 2 aromatic heterocycles.